The second kappa shape index (κ2) is 8.39. The van der Waals surface area contributed by atoms with Crippen LogP contribution in [0, 0.1) is 5.92 Å². The Morgan fingerprint density at radius 3 is 2.31 bits per heavy atom. The van der Waals surface area contributed by atoms with Crippen LogP contribution < -0.4 is 16.8 Å². The van der Waals surface area contributed by atoms with Crippen molar-refractivity contribution >= 4 is 5.96 Å². The summed E-state index contributed by atoms with van der Waals surface area (Å²) in [5.74, 6) is 0.837. The summed E-state index contributed by atoms with van der Waals surface area (Å²) in [6.07, 6.45) is 3.32. The van der Waals surface area contributed by atoms with Gasteiger partial charge in [0.2, 0.25) is 0 Å². The average Bonchev–Trinajstić information content (AvgIpc) is 2.21. The van der Waals surface area contributed by atoms with Gasteiger partial charge in [-0.3, -0.25) is 4.99 Å². The molecule has 0 aromatic rings. The van der Waals surface area contributed by atoms with Crippen LogP contribution in [0.2, 0.25) is 0 Å². The second-order valence-electron chi connectivity index (χ2n) is 4.78. The third-order valence-electron chi connectivity index (χ3n) is 2.88. The van der Waals surface area contributed by atoms with Crippen LogP contribution in [-0.4, -0.2) is 24.6 Å². The molecule has 0 heterocycles. The molecule has 0 fully saturated rings. The molecule has 5 N–H and O–H groups in total. The highest BCUT2D eigenvalue weighted by atomic mass is 15.0. The van der Waals surface area contributed by atoms with Gasteiger partial charge in [-0.25, -0.2) is 0 Å². The number of aliphatic imine (C=N–C) groups is 1. The van der Waals surface area contributed by atoms with E-state index in [-0.39, 0.29) is 5.96 Å². The van der Waals surface area contributed by atoms with Gasteiger partial charge in [0.15, 0.2) is 5.96 Å². The molecule has 4 heteroatoms. The van der Waals surface area contributed by atoms with Gasteiger partial charge in [0.05, 0.1) is 0 Å². The van der Waals surface area contributed by atoms with E-state index >= 15 is 0 Å². The molecule has 0 bridgehead atoms. The molecule has 0 saturated heterocycles. The van der Waals surface area contributed by atoms with Crippen molar-refractivity contribution in [1.29, 1.82) is 0 Å². The molecule has 2 unspecified atom stereocenters. The van der Waals surface area contributed by atoms with Crippen LogP contribution in [0.25, 0.3) is 0 Å². The number of rotatable bonds is 8. The Bertz CT molecular complexity index is 197. The van der Waals surface area contributed by atoms with E-state index in [2.05, 4.69) is 38.0 Å². The molecule has 0 aliphatic rings. The summed E-state index contributed by atoms with van der Waals surface area (Å²) in [6, 6.07) is 1.14. The largest absolute Gasteiger partial charge is 0.370 e. The van der Waals surface area contributed by atoms with Crippen molar-refractivity contribution in [2.24, 2.45) is 22.4 Å². The zero-order valence-electron chi connectivity index (χ0n) is 11.2. The van der Waals surface area contributed by atoms with Crippen LogP contribution in [0.4, 0.5) is 0 Å². The van der Waals surface area contributed by atoms with Crippen LogP contribution in [0.5, 0.6) is 0 Å². The van der Waals surface area contributed by atoms with Crippen LogP contribution in [0.3, 0.4) is 0 Å². The molecule has 0 radical (unpaired) electrons. The number of nitrogens with zero attached hydrogens (tertiary/aromatic N) is 1. The minimum absolute atomic E-state index is 0.191. The molecule has 0 amide bonds. The van der Waals surface area contributed by atoms with Gasteiger partial charge < -0.3 is 16.8 Å². The topological polar surface area (TPSA) is 76.4 Å². The van der Waals surface area contributed by atoms with E-state index in [1.807, 2.05) is 0 Å². The van der Waals surface area contributed by atoms with E-state index in [1.54, 1.807) is 0 Å². The summed E-state index contributed by atoms with van der Waals surface area (Å²) in [4.78, 5) is 4.00. The lowest BCUT2D eigenvalue weighted by Gasteiger charge is -2.25. The average molecular weight is 228 g/mol. The molecule has 0 saturated carbocycles. The molecular formula is C12H28N4. The fourth-order valence-electron chi connectivity index (χ4n) is 1.61. The molecule has 96 valence electrons. The third-order valence-corrected chi connectivity index (χ3v) is 2.88. The van der Waals surface area contributed by atoms with Gasteiger partial charge in [0.1, 0.15) is 0 Å². The van der Waals surface area contributed by atoms with Crippen molar-refractivity contribution in [2.75, 3.05) is 6.54 Å². The predicted molar refractivity (Wildman–Crippen MR) is 71.4 cm³/mol. The Morgan fingerprint density at radius 1 is 1.25 bits per heavy atom. The molecule has 0 aliphatic heterocycles. The summed E-state index contributed by atoms with van der Waals surface area (Å²) >= 11 is 0. The molecule has 0 spiro atoms. The normalized spacial score (nSPS) is 14.8. The van der Waals surface area contributed by atoms with E-state index < -0.39 is 0 Å². The summed E-state index contributed by atoms with van der Waals surface area (Å²) in [5, 5.41) is 3.64. The van der Waals surface area contributed by atoms with Gasteiger partial charge in [-0.1, -0.05) is 20.8 Å². The van der Waals surface area contributed by atoms with Crippen molar-refractivity contribution in [2.45, 2.75) is 59.0 Å². The van der Waals surface area contributed by atoms with Crippen LogP contribution >= 0.6 is 0 Å². The number of hydrogen-bond donors (Lipinski definition) is 3. The first kappa shape index (κ1) is 15.2. The predicted octanol–water partition coefficient (Wildman–Crippen LogP) is 1.45. The Hall–Kier alpha value is -0.770. The molecule has 0 aromatic carbocycles. The van der Waals surface area contributed by atoms with Gasteiger partial charge in [-0.15, -0.1) is 0 Å². The Balaban J connectivity index is 3.90. The Kier molecular flexibility index (Phi) is 7.99. The summed E-state index contributed by atoms with van der Waals surface area (Å²) in [5.41, 5.74) is 10.6. The maximum atomic E-state index is 5.28. The molecular weight excluding hydrogens is 200 g/mol. The summed E-state index contributed by atoms with van der Waals surface area (Å²) in [6.45, 7) is 9.66. The lowest BCUT2D eigenvalue weighted by atomic mass is 9.98. The van der Waals surface area contributed by atoms with Gasteiger partial charge in [0, 0.05) is 18.6 Å². The Morgan fingerprint density at radius 2 is 1.88 bits per heavy atom. The van der Waals surface area contributed by atoms with Crippen molar-refractivity contribution < 1.29 is 0 Å². The zero-order chi connectivity index (χ0) is 12.6. The fraction of sp³-hybridized carbons (Fsp3) is 0.917. The van der Waals surface area contributed by atoms with E-state index in [9.17, 15) is 0 Å². The van der Waals surface area contributed by atoms with Crippen LogP contribution in [0.1, 0.15) is 47.0 Å². The third kappa shape index (κ3) is 7.51. The zero-order valence-corrected chi connectivity index (χ0v) is 11.2. The van der Waals surface area contributed by atoms with Crippen molar-refractivity contribution in [3.63, 3.8) is 0 Å². The number of guanidine groups is 1. The maximum absolute atomic E-state index is 5.28. The minimum atomic E-state index is 0.191. The fourth-order valence-corrected chi connectivity index (χ4v) is 1.61. The molecule has 4 nitrogen and oxygen atoms in total. The quantitative estimate of drug-likeness (QED) is 0.334. The first-order chi connectivity index (χ1) is 7.47. The molecule has 0 aliphatic carbocycles. The van der Waals surface area contributed by atoms with Crippen molar-refractivity contribution in [3.8, 4) is 0 Å². The SMILES string of the molecule is CCC(C)NC(CCCN=C(N)N)C(C)C. The molecule has 16 heavy (non-hydrogen) atoms. The summed E-state index contributed by atoms with van der Waals surface area (Å²) in [7, 11) is 0. The lowest BCUT2D eigenvalue weighted by Crippen LogP contribution is -2.39. The van der Waals surface area contributed by atoms with Gasteiger partial charge in [0.25, 0.3) is 0 Å². The van der Waals surface area contributed by atoms with Gasteiger partial charge >= 0.3 is 0 Å². The van der Waals surface area contributed by atoms with Gasteiger partial charge in [-0.2, -0.15) is 0 Å². The maximum Gasteiger partial charge on any atom is 0.185 e. The van der Waals surface area contributed by atoms with Crippen LogP contribution in [-0.2, 0) is 0 Å². The minimum Gasteiger partial charge on any atom is -0.370 e. The molecule has 2 atom stereocenters. The standard InChI is InChI=1S/C12H28N4/c1-5-10(4)16-11(9(2)3)7-6-8-15-12(13)14/h9-11,16H,5-8H2,1-4H3,(H4,13,14,15). The number of nitrogens with one attached hydrogen (secondary N) is 1. The van der Waals surface area contributed by atoms with E-state index in [1.165, 1.54) is 0 Å². The highest BCUT2D eigenvalue weighted by molar-refractivity contribution is 5.75. The molecule has 0 aromatic heterocycles. The van der Waals surface area contributed by atoms with E-state index in [0.29, 0.717) is 18.0 Å². The summed E-state index contributed by atoms with van der Waals surface area (Å²) < 4.78 is 0. The monoisotopic (exact) mass is 228 g/mol. The van der Waals surface area contributed by atoms with E-state index in [0.717, 1.165) is 25.8 Å². The van der Waals surface area contributed by atoms with Crippen molar-refractivity contribution in [3.05, 3.63) is 0 Å². The smallest absolute Gasteiger partial charge is 0.185 e. The van der Waals surface area contributed by atoms with Crippen LogP contribution in [0.15, 0.2) is 4.99 Å². The van der Waals surface area contributed by atoms with Gasteiger partial charge in [-0.05, 0) is 32.1 Å². The Labute approximate surface area is 99.9 Å². The highest BCUT2D eigenvalue weighted by Crippen LogP contribution is 2.10. The second-order valence-corrected chi connectivity index (χ2v) is 4.78. The first-order valence-corrected chi connectivity index (χ1v) is 6.28. The van der Waals surface area contributed by atoms with Crippen molar-refractivity contribution in [1.82, 2.24) is 5.32 Å². The first-order valence-electron chi connectivity index (χ1n) is 6.28. The highest BCUT2D eigenvalue weighted by Gasteiger charge is 2.14. The van der Waals surface area contributed by atoms with E-state index in [4.69, 9.17) is 11.5 Å². The number of nitrogens with two attached hydrogens (primary N) is 2. The lowest BCUT2D eigenvalue weighted by molar-refractivity contribution is 0.334. The number of hydrogen-bond acceptors (Lipinski definition) is 2. The molecule has 0 rings (SSSR count).